The summed E-state index contributed by atoms with van der Waals surface area (Å²) in [7, 11) is 0. The van der Waals surface area contributed by atoms with E-state index in [0.29, 0.717) is 17.1 Å². The summed E-state index contributed by atoms with van der Waals surface area (Å²) in [6.45, 7) is 2.62. The fourth-order valence-electron chi connectivity index (χ4n) is 0.863. The van der Waals surface area contributed by atoms with Crippen molar-refractivity contribution in [3.63, 3.8) is 0 Å². The average molecular weight is 212 g/mol. The first-order valence-corrected chi connectivity index (χ1v) is 4.96. The van der Waals surface area contributed by atoms with Crippen molar-refractivity contribution in [2.45, 2.75) is 6.92 Å². The van der Waals surface area contributed by atoms with Gasteiger partial charge in [0.2, 0.25) is 0 Å². The minimum Gasteiger partial charge on any atom is -0.396 e. The number of hydrogen-bond donors (Lipinski definition) is 3. The quantitative estimate of drug-likeness (QED) is 0.680. The highest BCUT2D eigenvalue weighted by molar-refractivity contribution is 7.10. The largest absolute Gasteiger partial charge is 0.396 e. The number of nitriles is 1. The van der Waals surface area contributed by atoms with E-state index in [1.165, 1.54) is 0 Å². The number of nitrogens with zero attached hydrogens (tertiary/aromatic N) is 2. The van der Waals surface area contributed by atoms with E-state index in [0.717, 1.165) is 11.5 Å². The Bertz CT molecular complexity index is 344. The minimum absolute atomic E-state index is 0.114. The van der Waals surface area contributed by atoms with Crippen LogP contribution in [0.15, 0.2) is 0 Å². The Balaban J connectivity index is 2.64. The molecule has 0 saturated heterocycles. The molecule has 5 nitrogen and oxygen atoms in total. The van der Waals surface area contributed by atoms with Crippen LogP contribution in [-0.4, -0.2) is 22.6 Å². The van der Waals surface area contributed by atoms with Crippen LogP contribution < -0.4 is 11.1 Å². The van der Waals surface area contributed by atoms with Crippen molar-refractivity contribution in [3.8, 4) is 6.07 Å². The second-order valence-electron chi connectivity index (χ2n) is 3.05. The van der Waals surface area contributed by atoms with Crippen LogP contribution in [0.5, 0.6) is 0 Å². The molecule has 14 heavy (non-hydrogen) atoms. The number of nitrogen functional groups attached to an aromatic ring is 1. The molecule has 1 unspecified atom stereocenters. The van der Waals surface area contributed by atoms with Crippen molar-refractivity contribution in [3.05, 3.63) is 5.56 Å². The Morgan fingerprint density at radius 2 is 2.50 bits per heavy atom. The molecular formula is C8H12N4OS. The monoisotopic (exact) mass is 212 g/mol. The summed E-state index contributed by atoms with van der Waals surface area (Å²) < 4.78 is 3.86. The zero-order valence-electron chi connectivity index (χ0n) is 7.82. The molecule has 0 fully saturated rings. The summed E-state index contributed by atoms with van der Waals surface area (Å²) in [6, 6.07) is 1.98. The van der Waals surface area contributed by atoms with E-state index in [-0.39, 0.29) is 18.3 Å². The maximum Gasteiger partial charge on any atom is 0.157 e. The lowest BCUT2D eigenvalue weighted by Gasteiger charge is -2.08. The average Bonchev–Trinajstić information content (AvgIpc) is 2.55. The normalized spacial score (nSPS) is 12.1. The van der Waals surface area contributed by atoms with Gasteiger partial charge < -0.3 is 16.2 Å². The number of aliphatic hydroxyl groups excluding tert-OH is 1. The third-order valence-electron chi connectivity index (χ3n) is 1.75. The summed E-state index contributed by atoms with van der Waals surface area (Å²) in [5.74, 6) is 0.404. The molecule has 0 saturated carbocycles. The number of aliphatic hydroxyl groups is 1. The van der Waals surface area contributed by atoms with Crippen LogP contribution in [0.3, 0.4) is 0 Å². The Kier molecular flexibility index (Phi) is 3.68. The maximum atomic E-state index is 8.80. The van der Waals surface area contributed by atoms with Gasteiger partial charge in [0.15, 0.2) is 5.82 Å². The first kappa shape index (κ1) is 10.8. The van der Waals surface area contributed by atoms with Crippen molar-refractivity contribution < 1.29 is 5.11 Å². The highest BCUT2D eigenvalue weighted by Gasteiger charge is 2.10. The van der Waals surface area contributed by atoms with Crippen LogP contribution in [0, 0.1) is 17.2 Å². The lowest BCUT2D eigenvalue weighted by atomic mass is 10.2. The fourth-order valence-corrected chi connectivity index (χ4v) is 1.53. The molecule has 1 aromatic heterocycles. The predicted molar refractivity (Wildman–Crippen MR) is 56.0 cm³/mol. The van der Waals surface area contributed by atoms with Crippen LogP contribution in [0.4, 0.5) is 10.8 Å². The van der Waals surface area contributed by atoms with Gasteiger partial charge >= 0.3 is 0 Å². The summed E-state index contributed by atoms with van der Waals surface area (Å²) in [5.41, 5.74) is 5.87. The van der Waals surface area contributed by atoms with Crippen molar-refractivity contribution in [2.24, 2.45) is 5.92 Å². The summed E-state index contributed by atoms with van der Waals surface area (Å²) in [4.78, 5) is 0. The Morgan fingerprint density at radius 1 is 1.79 bits per heavy atom. The highest BCUT2D eigenvalue weighted by atomic mass is 32.1. The number of nitrogens with two attached hydrogens (primary N) is 1. The first-order chi connectivity index (χ1) is 6.69. The fraction of sp³-hybridized carbons (Fsp3) is 0.500. The number of aromatic nitrogens is 1. The van der Waals surface area contributed by atoms with E-state index in [4.69, 9.17) is 16.1 Å². The minimum atomic E-state index is 0.114. The molecule has 0 aliphatic carbocycles. The number of rotatable bonds is 4. The first-order valence-electron chi connectivity index (χ1n) is 4.19. The highest BCUT2D eigenvalue weighted by Crippen LogP contribution is 2.25. The topological polar surface area (TPSA) is 95.0 Å². The number of nitrogens with one attached hydrogen (secondary N) is 1. The molecule has 0 bridgehead atoms. The zero-order valence-corrected chi connectivity index (χ0v) is 8.64. The van der Waals surface area contributed by atoms with E-state index >= 15 is 0 Å². The molecule has 1 heterocycles. The molecule has 1 atom stereocenters. The Labute approximate surface area is 86.3 Å². The molecule has 1 aromatic rings. The molecular weight excluding hydrogens is 200 g/mol. The van der Waals surface area contributed by atoms with Crippen LogP contribution in [-0.2, 0) is 0 Å². The van der Waals surface area contributed by atoms with Crippen molar-refractivity contribution in [1.82, 2.24) is 4.37 Å². The smallest absolute Gasteiger partial charge is 0.157 e. The van der Waals surface area contributed by atoms with Crippen LogP contribution in [0.25, 0.3) is 0 Å². The van der Waals surface area contributed by atoms with Gasteiger partial charge in [0.05, 0.1) is 0 Å². The number of hydrogen-bond acceptors (Lipinski definition) is 6. The van der Waals surface area contributed by atoms with Crippen LogP contribution >= 0.6 is 11.5 Å². The van der Waals surface area contributed by atoms with E-state index in [1.54, 1.807) is 0 Å². The lowest BCUT2D eigenvalue weighted by Crippen LogP contribution is -2.14. The molecule has 0 amide bonds. The van der Waals surface area contributed by atoms with Gasteiger partial charge in [-0.15, -0.1) is 0 Å². The van der Waals surface area contributed by atoms with E-state index in [9.17, 15) is 0 Å². The molecule has 1 rings (SSSR count). The van der Waals surface area contributed by atoms with Gasteiger partial charge in [0, 0.05) is 13.2 Å². The molecule has 0 spiro atoms. The molecule has 76 valence electrons. The van der Waals surface area contributed by atoms with E-state index in [2.05, 4.69) is 9.69 Å². The zero-order chi connectivity index (χ0) is 10.6. The maximum absolute atomic E-state index is 8.80. The standard InChI is InChI=1S/C8H12N4OS/c1-5(4-13)3-11-8-6(2-9)7(10)12-14-8/h5,11,13H,3-4H2,1H3,(H2,10,12). The third-order valence-corrected chi connectivity index (χ3v) is 2.57. The van der Waals surface area contributed by atoms with Crippen molar-refractivity contribution >= 4 is 22.4 Å². The summed E-state index contributed by atoms with van der Waals surface area (Å²) >= 11 is 1.16. The molecule has 0 aromatic carbocycles. The van der Waals surface area contributed by atoms with Crippen molar-refractivity contribution in [2.75, 3.05) is 24.2 Å². The van der Waals surface area contributed by atoms with Crippen molar-refractivity contribution in [1.29, 1.82) is 5.26 Å². The van der Waals surface area contributed by atoms with Gasteiger partial charge in [-0.05, 0) is 17.5 Å². The van der Waals surface area contributed by atoms with Crippen LogP contribution in [0.2, 0.25) is 0 Å². The van der Waals surface area contributed by atoms with E-state index < -0.39 is 0 Å². The molecule has 0 radical (unpaired) electrons. The SMILES string of the molecule is CC(CO)CNc1snc(N)c1C#N. The predicted octanol–water partition coefficient (Wildman–Crippen LogP) is 0.637. The molecule has 6 heteroatoms. The van der Waals surface area contributed by atoms with Crippen LogP contribution in [0.1, 0.15) is 12.5 Å². The lowest BCUT2D eigenvalue weighted by molar-refractivity contribution is 0.244. The van der Waals surface area contributed by atoms with Gasteiger partial charge in [-0.25, -0.2) is 0 Å². The third kappa shape index (κ3) is 2.34. The Morgan fingerprint density at radius 3 is 3.07 bits per heavy atom. The Hall–Kier alpha value is -1.32. The molecule has 0 aliphatic rings. The molecule has 4 N–H and O–H groups in total. The van der Waals surface area contributed by atoms with Gasteiger partial charge in [-0.2, -0.15) is 9.64 Å². The second-order valence-corrected chi connectivity index (χ2v) is 3.83. The summed E-state index contributed by atoms with van der Waals surface area (Å²) in [5, 5.41) is 21.3. The summed E-state index contributed by atoms with van der Waals surface area (Å²) in [6.07, 6.45) is 0. The number of anilines is 2. The second kappa shape index (κ2) is 4.79. The van der Waals surface area contributed by atoms with Gasteiger partial charge in [0.1, 0.15) is 16.6 Å². The van der Waals surface area contributed by atoms with Gasteiger partial charge in [-0.3, -0.25) is 0 Å². The molecule has 0 aliphatic heterocycles. The van der Waals surface area contributed by atoms with Gasteiger partial charge in [-0.1, -0.05) is 6.92 Å². The van der Waals surface area contributed by atoms with E-state index in [1.807, 2.05) is 13.0 Å². The van der Waals surface area contributed by atoms with Gasteiger partial charge in [0.25, 0.3) is 0 Å².